The molecule has 0 spiro atoms. The second kappa shape index (κ2) is 7.33. The molecule has 8 nitrogen and oxygen atoms in total. The number of nitrogens with zero attached hydrogens (tertiary/aromatic N) is 4. The molecule has 0 bridgehead atoms. The average Bonchev–Trinajstić information content (AvgIpc) is 3.29. The Balaban J connectivity index is 1.61. The van der Waals surface area contributed by atoms with Gasteiger partial charge in [0.05, 0.1) is 6.54 Å². The zero-order valence-corrected chi connectivity index (χ0v) is 14.3. The summed E-state index contributed by atoms with van der Waals surface area (Å²) in [5.74, 6) is 0.458. The zero-order chi connectivity index (χ0) is 17.8. The van der Waals surface area contributed by atoms with Crippen LogP contribution in [0.5, 0.6) is 0 Å². The Morgan fingerprint density at radius 1 is 1.32 bits per heavy atom. The van der Waals surface area contributed by atoms with Crippen LogP contribution in [0, 0.1) is 0 Å². The van der Waals surface area contributed by atoms with Gasteiger partial charge in [0.15, 0.2) is 0 Å². The number of anilines is 1. The summed E-state index contributed by atoms with van der Waals surface area (Å²) in [6, 6.07) is 8.54. The van der Waals surface area contributed by atoms with Crippen LogP contribution >= 0.6 is 0 Å². The quantitative estimate of drug-likeness (QED) is 0.873. The van der Waals surface area contributed by atoms with Gasteiger partial charge in [0.25, 0.3) is 11.9 Å². The molecule has 1 unspecified atom stereocenters. The predicted octanol–water partition coefficient (Wildman–Crippen LogP) is 1.06. The molecule has 1 aliphatic heterocycles. The second-order valence-electron chi connectivity index (χ2n) is 6.12. The molecule has 8 heteroatoms. The van der Waals surface area contributed by atoms with Crippen molar-refractivity contribution >= 4 is 17.8 Å². The van der Waals surface area contributed by atoms with Crippen LogP contribution in [0.3, 0.4) is 0 Å². The molecule has 1 N–H and O–H groups in total. The number of benzene rings is 1. The van der Waals surface area contributed by atoms with Gasteiger partial charge in [-0.2, -0.15) is 4.98 Å². The first-order valence-electron chi connectivity index (χ1n) is 8.20. The third-order valence-corrected chi connectivity index (χ3v) is 4.11. The lowest BCUT2D eigenvalue weighted by Gasteiger charge is -2.23. The fraction of sp³-hybridized carbons (Fsp3) is 0.412. The Kier molecular flexibility index (Phi) is 4.97. The van der Waals surface area contributed by atoms with Crippen LogP contribution < -0.4 is 10.2 Å². The largest absolute Gasteiger partial charge is 0.345 e. The van der Waals surface area contributed by atoms with Crippen molar-refractivity contribution in [3.63, 3.8) is 0 Å². The minimum atomic E-state index is -0.469. The van der Waals surface area contributed by atoms with E-state index in [2.05, 4.69) is 15.5 Å². The lowest BCUT2D eigenvalue weighted by atomic mass is 10.1. The van der Waals surface area contributed by atoms with E-state index in [1.165, 1.54) is 0 Å². The van der Waals surface area contributed by atoms with Gasteiger partial charge in [0.2, 0.25) is 11.8 Å². The number of aromatic nitrogens is 2. The average molecular weight is 343 g/mol. The van der Waals surface area contributed by atoms with Gasteiger partial charge in [-0.15, -0.1) is 0 Å². The highest BCUT2D eigenvalue weighted by atomic mass is 16.5. The number of carbonyl (C=O) groups is 2. The van der Waals surface area contributed by atoms with Gasteiger partial charge in [0.1, 0.15) is 6.04 Å². The SMILES string of the molecule is CN(C)c1noc(CNC(=O)C2CCCN2C(=O)c2ccccc2)n1. The van der Waals surface area contributed by atoms with E-state index in [1.807, 2.05) is 18.2 Å². The van der Waals surface area contributed by atoms with Gasteiger partial charge in [-0.1, -0.05) is 18.2 Å². The summed E-state index contributed by atoms with van der Waals surface area (Å²) < 4.78 is 5.08. The highest BCUT2D eigenvalue weighted by Crippen LogP contribution is 2.20. The summed E-state index contributed by atoms with van der Waals surface area (Å²) in [6.07, 6.45) is 1.46. The van der Waals surface area contributed by atoms with Crippen molar-refractivity contribution in [2.75, 3.05) is 25.5 Å². The summed E-state index contributed by atoms with van der Waals surface area (Å²) in [6.45, 7) is 0.723. The number of hydrogen-bond acceptors (Lipinski definition) is 6. The molecule has 1 aliphatic rings. The van der Waals surface area contributed by atoms with Gasteiger partial charge in [-0.05, 0) is 30.1 Å². The highest BCUT2D eigenvalue weighted by Gasteiger charge is 2.34. The van der Waals surface area contributed by atoms with Crippen molar-refractivity contribution in [3.8, 4) is 0 Å². The van der Waals surface area contributed by atoms with Crippen molar-refractivity contribution in [3.05, 3.63) is 41.8 Å². The molecule has 0 saturated carbocycles. The highest BCUT2D eigenvalue weighted by molar-refractivity contribution is 5.97. The van der Waals surface area contributed by atoms with Gasteiger partial charge >= 0.3 is 0 Å². The molecule has 1 fully saturated rings. The zero-order valence-electron chi connectivity index (χ0n) is 14.3. The molecule has 1 atom stereocenters. The molecule has 2 aromatic rings. The smallest absolute Gasteiger partial charge is 0.265 e. The molecule has 1 saturated heterocycles. The Bertz CT molecular complexity index is 744. The molecule has 0 radical (unpaired) electrons. The van der Waals surface area contributed by atoms with E-state index < -0.39 is 6.04 Å². The van der Waals surface area contributed by atoms with Crippen molar-refractivity contribution in [2.45, 2.75) is 25.4 Å². The van der Waals surface area contributed by atoms with E-state index in [0.717, 1.165) is 6.42 Å². The molecule has 25 heavy (non-hydrogen) atoms. The number of hydrogen-bond donors (Lipinski definition) is 1. The summed E-state index contributed by atoms with van der Waals surface area (Å²) >= 11 is 0. The maximum Gasteiger partial charge on any atom is 0.265 e. The fourth-order valence-electron chi connectivity index (χ4n) is 2.81. The molecule has 1 aromatic carbocycles. The topological polar surface area (TPSA) is 91.6 Å². The number of amides is 2. The van der Waals surface area contributed by atoms with E-state index in [9.17, 15) is 9.59 Å². The van der Waals surface area contributed by atoms with Crippen LogP contribution in [-0.4, -0.2) is 53.5 Å². The molecule has 132 valence electrons. The molecule has 1 aromatic heterocycles. The van der Waals surface area contributed by atoms with Crippen LogP contribution in [0.25, 0.3) is 0 Å². The molecular weight excluding hydrogens is 322 g/mol. The standard InChI is InChI=1S/C17H21N5O3/c1-21(2)17-19-14(25-20-17)11-18-15(23)13-9-6-10-22(13)16(24)12-7-4-3-5-8-12/h3-5,7-8,13H,6,9-11H2,1-2H3,(H,18,23). The summed E-state index contributed by atoms with van der Waals surface area (Å²) in [7, 11) is 3.61. The van der Waals surface area contributed by atoms with Gasteiger partial charge in [-0.3, -0.25) is 9.59 Å². The Labute approximate surface area is 145 Å². The van der Waals surface area contributed by atoms with Crippen molar-refractivity contribution in [1.29, 1.82) is 0 Å². The maximum atomic E-state index is 12.6. The monoisotopic (exact) mass is 343 g/mol. The minimum Gasteiger partial charge on any atom is -0.345 e. The first kappa shape index (κ1) is 16.9. The number of rotatable bonds is 5. The molecule has 0 aliphatic carbocycles. The van der Waals surface area contributed by atoms with E-state index in [1.54, 1.807) is 36.0 Å². The predicted molar refractivity (Wildman–Crippen MR) is 91.0 cm³/mol. The fourth-order valence-corrected chi connectivity index (χ4v) is 2.81. The van der Waals surface area contributed by atoms with Crippen molar-refractivity contribution in [2.24, 2.45) is 0 Å². The van der Waals surface area contributed by atoms with Crippen LogP contribution in [0.2, 0.25) is 0 Å². The number of nitrogens with one attached hydrogen (secondary N) is 1. The van der Waals surface area contributed by atoms with E-state index in [4.69, 9.17) is 4.52 Å². The molecule has 2 amide bonds. The van der Waals surface area contributed by atoms with Crippen molar-refractivity contribution < 1.29 is 14.1 Å². The first-order valence-corrected chi connectivity index (χ1v) is 8.20. The van der Waals surface area contributed by atoms with E-state index >= 15 is 0 Å². The second-order valence-corrected chi connectivity index (χ2v) is 6.12. The Morgan fingerprint density at radius 3 is 2.76 bits per heavy atom. The van der Waals surface area contributed by atoms with Gasteiger partial charge in [-0.25, -0.2) is 0 Å². The lowest BCUT2D eigenvalue weighted by Crippen LogP contribution is -2.45. The van der Waals surface area contributed by atoms with Crippen LogP contribution in [0.4, 0.5) is 5.95 Å². The first-order chi connectivity index (χ1) is 12.1. The number of carbonyl (C=O) groups excluding carboxylic acids is 2. The Hall–Kier alpha value is -2.90. The van der Waals surface area contributed by atoms with Crippen LogP contribution in [0.1, 0.15) is 29.1 Å². The number of likely N-dealkylation sites (tertiary alicyclic amines) is 1. The normalized spacial score (nSPS) is 16.7. The van der Waals surface area contributed by atoms with Crippen molar-refractivity contribution in [1.82, 2.24) is 20.4 Å². The third kappa shape index (κ3) is 3.78. The van der Waals surface area contributed by atoms with E-state index in [0.29, 0.717) is 30.4 Å². The molecular formula is C17H21N5O3. The summed E-state index contributed by atoms with van der Waals surface area (Å²) in [4.78, 5) is 32.6. The molecule has 2 heterocycles. The van der Waals surface area contributed by atoms with Crippen LogP contribution in [0.15, 0.2) is 34.9 Å². The van der Waals surface area contributed by atoms with Crippen LogP contribution in [-0.2, 0) is 11.3 Å². The van der Waals surface area contributed by atoms with E-state index in [-0.39, 0.29) is 18.4 Å². The maximum absolute atomic E-state index is 12.6. The third-order valence-electron chi connectivity index (χ3n) is 4.11. The van der Waals surface area contributed by atoms with Gasteiger partial charge in [0, 0.05) is 26.2 Å². The summed E-state index contributed by atoms with van der Waals surface area (Å²) in [5.41, 5.74) is 0.592. The minimum absolute atomic E-state index is 0.120. The van der Waals surface area contributed by atoms with Gasteiger partial charge < -0.3 is 19.6 Å². The Morgan fingerprint density at radius 2 is 2.08 bits per heavy atom. The summed E-state index contributed by atoms with van der Waals surface area (Å²) in [5, 5.41) is 6.58. The molecule has 3 rings (SSSR count). The lowest BCUT2D eigenvalue weighted by molar-refractivity contribution is -0.125.